The Morgan fingerprint density at radius 1 is 1.13 bits per heavy atom. The van der Waals surface area contributed by atoms with Crippen LogP contribution in [0.4, 0.5) is 0 Å². The highest BCUT2D eigenvalue weighted by atomic mass is 14.9. The lowest BCUT2D eigenvalue weighted by Gasteiger charge is -2.29. The van der Waals surface area contributed by atoms with Gasteiger partial charge in [0.25, 0.3) is 0 Å². The van der Waals surface area contributed by atoms with Crippen LogP contribution in [0.3, 0.4) is 0 Å². The molecule has 0 aromatic rings. The van der Waals surface area contributed by atoms with E-state index < -0.39 is 0 Å². The first-order valence-corrected chi connectivity index (χ1v) is 6.80. The smallest absolute Gasteiger partial charge is 0.00770 e. The second-order valence-corrected chi connectivity index (χ2v) is 4.96. The standard InChI is InChI=1S/C13H28N2/c1-2-3-4-5-12-6-8-13(9-7-12)15-11-10-14/h12-13,15H,2-11,14H2,1H3. The molecule has 0 aromatic carbocycles. The molecule has 0 spiro atoms. The van der Waals surface area contributed by atoms with Crippen LogP contribution in [0.1, 0.15) is 58.3 Å². The summed E-state index contributed by atoms with van der Waals surface area (Å²) in [6.45, 7) is 4.05. The van der Waals surface area contributed by atoms with Gasteiger partial charge < -0.3 is 11.1 Å². The fourth-order valence-corrected chi connectivity index (χ4v) is 2.63. The second kappa shape index (κ2) is 8.12. The van der Waals surface area contributed by atoms with E-state index in [1.807, 2.05) is 0 Å². The summed E-state index contributed by atoms with van der Waals surface area (Å²) < 4.78 is 0. The number of nitrogens with one attached hydrogen (secondary N) is 1. The van der Waals surface area contributed by atoms with Crippen molar-refractivity contribution in [2.24, 2.45) is 11.7 Å². The normalized spacial score (nSPS) is 26.8. The average Bonchev–Trinajstić information content (AvgIpc) is 2.28. The van der Waals surface area contributed by atoms with E-state index >= 15 is 0 Å². The maximum absolute atomic E-state index is 5.49. The molecule has 0 atom stereocenters. The summed E-state index contributed by atoms with van der Waals surface area (Å²) in [7, 11) is 0. The number of hydrogen-bond donors (Lipinski definition) is 2. The molecule has 0 bridgehead atoms. The zero-order chi connectivity index (χ0) is 10.9. The summed E-state index contributed by atoms with van der Waals surface area (Å²) in [5.74, 6) is 1.02. The van der Waals surface area contributed by atoms with Crippen molar-refractivity contribution in [1.82, 2.24) is 5.32 Å². The first kappa shape index (κ1) is 13.0. The van der Waals surface area contributed by atoms with Crippen molar-refractivity contribution in [3.05, 3.63) is 0 Å². The molecule has 0 aliphatic heterocycles. The van der Waals surface area contributed by atoms with Gasteiger partial charge in [-0.25, -0.2) is 0 Å². The molecular formula is C13H28N2. The number of unbranched alkanes of at least 4 members (excludes halogenated alkanes) is 2. The van der Waals surface area contributed by atoms with Crippen LogP contribution in [0.5, 0.6) is 0 Å². The van der Waals surface area contributed by atoms with Gasteiger partial charge in [-0.05, 0) is 31.6 Å². The molecule has 0 unspecified atom stereocenters. The summed E-state index contributed by atoms with van der Waals surface area (Å²) >= 11 is 0. The minimum absolute atomic E-state index is 0.760. The quantitative estimate of drug-likeness (QED) is 0.637. The van der Waals surface area contributed by atoms with Crippen LogP contribution in [0.15, 0.2) is 0 Å². The maximum atomic E-state index is 5.49. The van der Waals surface area contributed by atoms with E-state index in [2.05, 4.69) is 12.2 Å². The van der Waals surface area contributed by atoms with E-state index in [9.17, 15) is 0 Å². The molecule has 0 heterocycles. The molecular weight excluding hydrogens is 184 g/mol. The predicted molar refractivity (Wildman–Crippen MR) is 66.9 cm³/mol. The third-order valence-corrected chi connectivity index (χ3v) is 3.64. The summed E-state index contributed by atoms with van der Waals surface area (Å²) in [4.78, 5) is 0. The van der Waals surface area contributed by atoms with Crippen LogP contribution in [-0.4, -0.2) is 19.1 Å². The molecule has 0 aromatic heterocycles. The van der Waals surface area contributed by atoms with E-state index in [4.69, 9.17) is 5.73 Å². The highest BCUT2D eigenvalue weighted by Gasteiger charge is 2.19. The molecule has 1 aliphatic carbocycles. The van der Waals surface area contributed by atoms with Crippen LogP contribution in [0, 0.1) is 5.92 Å². The zero-order valence-corrected chi connectivity index (χ0v) is 10.3. The summed E-state index contributed by atoms with van der Waals surface area (Å²) in [6, 6.07) is 0.760. The average molecular weight is 212 g/mol. The van der Waals surface area contributed by atoms with Gasteiger partial charge in [0, 0.05) is 19.1 Å². The molecule has 15 heavy (non-hydrogen) atoms. The number of rotatable bonds is 7. The van der Waals surface area contributed by atoms with Gasteiger partial charge in [-0.1, -0.05) is 32.6 Å². The van der Waals surface area contributed by atoms with Gasteiger partial charge in [0.15, 0.2) is 0 Å². The van der Waals surface area contributed by atoms with Gasteiger partial charge in [0.2, 0.25) is 0 Å². The molecule has 2 nitrogen and oxygen atoms in total. The Morgan fingerprint density at radius 2 is 1.87 bits per heavy atom. The largest absolute Gasteiger partial charge is 0.329 e. The Balaban J connectivity index is 2.02. The zero-order valence-electron chi connectivity index (χ0n) is 10.3. The van der Waals surface area contributed by atoms with E-state index in [1.165, 1.54) is 51.4 Å². The van der Waals surface area contributed by atoms with Crippen molar-refractivity contribution in [2.45, 2.75) is 64.3 Å². The molecule has 1 fully saturated rings. The van der Waals surface area contributed by atoms with Gasteiger partial charge >= 0.3 is 0 Å². The highest BCUT2D eigenvalue weighted by Crippen LogP contribution is 2.28. The summed E-state index contributed by atoms with van der Waals surface area (Å²) in [6.07, 6.45) is 11.3. The first-order chi connectivity index (χ1) is 7.36. The Morgan fingerprint density at radius 3 is 2.47 bits per heavy atom. The Bertz CT molecular complexity index is 139. The highest BCUT2D eigenvalue weighted by molar-refractivity contribution is 4.77. The van der Waals surface area contributed by atoms with E-state index in [-0.39, 0.29) is 0 Å². The fourth-order valence-electron chi connectivity index (χ4n) is 2.63. The Kier molecular flexibility index (Phi) is 7.03. The van der Waals surface area contributed by atoms with Gasteiger partial charge in [-0.3, -0.25) is 0 Å². The molecule has 1 rings (SSSR count). The van der Waals surface area contributed by atoms with Crippen LogP contribution < -0.4 is 11.1 Å². The molecule has 0 radical (unpaired) electrons. The lowest BCUT2D eigenvalue weighted by atomic mass is 9.83. The lowest BCUT2D eigenvalue weighted by Crippen LogP contribution is -2.36. The number of hydrogen-bond acceptors (Lipinski definition) is 2. The predicted octanol–water partition coefficient (Wildman–Crippen LogP) is 2.67. The molecule has 0 amide bonds. The third-order valence-electron chi connectivity index (χ3n) is 3.64. The Labute approximate surface area is 95.0 Å². The minimum atomic E-state index is 0.760. The molecule has 2 heteroatoms. The van der Waals surface area contributed by atoms with Crippen molar-refractivity contribution in [1.29, 1.82) is 0 Å². The van der Waals surface area contributed by atoms with Crippen molar-refractivity contribution in [2.75, 3.05) is 13.1 Å². The van der Waals surface area contributed by atoms with Crippen molar-refractivity contribution in [3.8, 4) is 0 Å². The monoisotopic (exact) mass is 212 g/mol. The van der Waals surface area contributed by atoms with Gasteiger partial charge in [-0.15, -0.1) is 0 Å². The SMILES string of the molecule is CCCCCC1CCC(NCCN)CC1. The van der Waals surface area contributed by atoms with Gasteiger partial charge in [0.05, 0.1) is 0 Å². The number of nitrogens with two attached hydrogens (primary N) is 1. The van der Waals surface area contributed by atoms with E-state index in [0.29, 0.717) is 0 Å². The summed E-state index contributed by atoms with van der Waals surface area (Å²) in [5.41, 5.74) is 5.49. The third kappa shape index (κ3) is 5.53. The summed E-state index contributed by atoms with van der Waals surface area (Å²) in [5, 5.41) is 3.53. The molecule has 1 saturated carbocycles. The van der Waals surface area contributed by atoms with Crippen LogP contribution in [-0.2, 0) is 0 Å². The molecule has 3 N–H and O–H groups in total. The van der Waals surface area contributed by atoms with Crippen LogP contribution in [0.25, 0.3) is 0 Å². The van der Waals surface area contributed by atoms with Gasteiger partial charge in [-0.2, -0.15) is 0 Å². The maximum Gasteiger partial charge on any atom is 0.00770 e. The minimum Gasteiger partial charge on any atom is -0.329 e. The topological polar surface area (TPSA) is 38.0 Å². The Hall–Kier alpha value is -0.0800. The van der Waals surface area contributed by atoms with Crippen LogP contribution >= 0.6 is 0 Å². The van der Waals surface area contributed by atoms with Crippen molar-refractivity contribution < 1.29 is 0 Å². The second-order valence-electron chi connectivity index (χ2n) is 4.96. The molecule has 0 saturated heterocycles. The molecule has 90 valence electrons. The van der Waals surface area contributed by atoms with Gasteiger partial charge in [0.1, 0.15) is 0 Å². The lowest BCUT2D eigenvalue weighted by molar-refractivity contribution is 0.276. The first-order valence-electron chi connectivity index (χ1n) is 6.80. The van der Waals surface area contributed by atoms with Crippen LogP contribution in [0.2, 0.25) is 0 Å². The molecule has 1 aliphatic rings. The van der Waals surface area contributed by atoms with Crippen molar-refractivity contribution in [3.63, 3.8) is 0 Å². The van der Waals surface area contributed by atoms with E-state index in [0.717, 1.165) is 25.0 Å². The fraction of sp³-hybridized carbons (Fsp3) is 1.00. The van der Waals surface area contributed by atoms with Crippen molar-refractivity contribution >= 4 is 0 Å². The van der Waals surface area contributed by atoms with E-state index in [1.54, 1.807) is 0 Å².